The van der Waals surface area contributed by atoms with Crippen molar-refractivity contribution in [2.24, 2.45) is 0 Å². The summed E-state index contributed by atoms with van der Waals surface area (Å²) >= 11 is 1.02. The van der Waals surface area contributed by atoms with Gasteiger partial charge in [-0.3, -0.25) is 15.0 Å². The lowest BCUT2D eigenvalue weighted by Crippen LogP contribution is -2.44. The summed E-state index contributed by atoms with van der Waals surface area (Å²) in [4.78, 5) is 24.5. The molecule has 0 unspecified atom stereocenters. The summed E-state index contributed by atoms with van der Waals surface area (Å²) in [5.74, 6) is -0.429. The smallest absolute Gasteiger partial charge is 0.330 e. The number of rotatable bonds is 6. The zero-order valence-corrected chi connectivity index (χ0v) is 12.3. The Hall–Kier alpha value is -1.77. The van der Waals surface area contributed by atoms with Crippen molar-refractivity contribution in [3.63, 3.8) is 0 Å². The monoisotopic (exact) mass is 311 g/mol. The van der Waals surface area contributed by atoms with Crippen LogP contribution in [-0.4, -0.2) is 55.1 Å². The Balaban J connectivity index is 1.70. The maximum atomic E-state index is 11.5. The van der Waals surface area contributed by atoms with Crippen molar-refractivity contribution in [1.82, 2.24) is 10.2 Å². The molecule has 0 aromatic carbocycles. The van der Waals surface area contributed by atoms with Gasteiger partial charge in [0.2, 0.25) is 0 Å². The van der Waals surface area contributed by atoms with Gasteiger partial charge in [-0.2, -0.15) is 0 Å². The fraction of sp³-hybridized carbons (Fsp3) is 0.462. The summed E-state index contributed by atoms with van der Waals surface area (Å²) in [5, 5.41) is 13.8. The predicted octanol–water partition coefficient (Wildman–Crippen LogP) is 1.12. The van der Waals surface area contributed by atoms with Crippen molar-refractivity contribution in [2.45, 2.75) is 0 Å². The van der Waals surface area contributed by atoms with Gasteiger partial charge >= 0.3 is 11.0 Å². The minimum Gasteiger partial charge on any atom is -0.461 e. The first-order valence-electron chi connectivity index (χ1n) is 6.67. The molecule has 21 heavy (non-hydrogen) atoms. The number of carbonyl (C=O) groups excluding carboxylic acids is 1. The quantitative estimate of drug-likeness (QED) is 0.367. The highest BCUT2D eigenvalue weighted by Crippen LogP contribution is 2.24. The van der Waals surface area contributed by atoms with Crippen LogP contribution in [0.25, 0.3) is 6.08 Å². The van der Waals surface area contributed by atoms with Crippen LogP contribution < -0.4 is 5.32 Å². The highest BCUT2D eigenvalue weighted by atomic mass is 32.1. The van der Waals surface area contributed by atoms with Crippen molar-refractivity contribution in [3.8, 4) is 0 Å². The van der Waals surface area contributed by atoms with Gasteiger partial charge in [-0.15, -0.1) is 0 Å². The normalized spacial score (nSPS) is 16.2. The van der Waals surface area contributed by atoms with Crippen molar-refractivity contribution >= 4 is 28.4 Å². The molecule has 0 spiro atoms. The Morgan fingerprint density at radius 2 is 2.24 bits per heavy atom. The molecule has 2 heterocycles. The number of nitro groups is 1. The number of hydrogen-bond acceptors (Lipinski definition) is 7. The third-order valence-corrected chi connectivity index (χ3v) is 4.04. The van der Waals surface area contributed by atoms with E-state index >= 15 is 0 Å². The number of nitrogens with one attached hydrogen (secondary N) is 1. The van der Waals surface area contributed by atoms with E-state index in [0.29, 0.717) is 11.5 Å². The number of thiophene rings is 1. The van der Waals surface area contributed by atoms with Gasteiger partial charge in [0, 0.05) is 49.7 Å². The zero-order valence-electron chi connectivity index (χ0n) is 11.5. The van der Waals surface area contributed by atoms with Crippen molar-refractivity contribution in [1.29, 1.82) is 0 Å². The fourth-order valence-electron chi connectivity index (χ4n) is 1.94. The number of piperazine rings is 1. The molecule has 8 heteroatoms. The number of esters is 1. The minimum atomic E-state index is -0.451. The van der Waals surface area contributed by atoms with Gasteiger partial charge in [0.1, 0.15) is 6.61 Å². The van der Waals surface area contributed by atoms with Gasteiger partial charge in [0.05, 0.1) is 4.92 Å². The predicted molar refractivity (Wildman–Crippen MR) is 80.3 cm³/mol. The first kappa shape index (κ1) is 15.6. The first-order valence-corrected chi connectivity index (χ1v) is 7.49. The van der Waals surface area contributed by atoms with Gasteiger partial charge in [0.25, 0.3) is 0 Å². The summed E-state index contributed by atoms with van der Waals surface area (Å²) in [6.07, 6.45) is 2.83. The van der Waals surface area contributed by atoms with Gasteiger partial charge in [0.15, 0.2) is 0 Å². The molecule has 1 aliphatic heterocycles. The summed E-state index contributed by atoms with van der Waals surface area (Å²) in [7, 11) is 0. The van der Waals surface area contributed by atoms with E-state index in [4.69, 9.17) is 4.74 Å². The van der Waals surface area contributed by atoms with Crippen molar-refractivity contribution < 1.29 is 14.5 Å². The van der Waals surface area contributed by atoms with E-state index in [1.54, 1.807) is 6.07 Å². The van der Waals surface area contributed by atoms with Gasteiger partial charge in [-0.05, 0) is 12.1 Å². The molecule has 1 saturated heterocycles. The molecule has 0 aliphatic carbocycles. The SMILES string of the molecule is O=C(/C=C/c1ccc([N+](=O)[O-])s1)OCCN1CCNCC1. The maximum Gasteiger partial charge on any atom is 0.330 e. The topological polar surface area (TPSA) is 84.7 Å². The average Bonchev–Trinajstić information content (AvgIpc) is 2.95. The van der Waals surface area contributed by atoms with Crippen LogP contribution in [0.2, 0.25) is 0 Å². The molecule has 0 atom stereocenters. The average molecular weight is 311 g/mol. The van der Waals surface area contributed by atoms with Gasteiger partial charge in [-0.25, -0.2) is 4.79 Å². The van der Waals surface area contributed by atoms with Gasteiger partial charge < -0.3 is 10.1 Å². The van der Waals surface area contributed by atoms with Gasteiger partial charge in [-0.1, -0.05) is 11.3 Å². The Morgan fingerprint density at radius 3 is 2.90 bits per heavy atom. The van der Waals surface area contributed by atoms with Crippen LogP contribution in [0.15, 0.2) is 18.2 Å². The number of carbonyl (C=O) groups is 1. The lowest BCUT2D eigenvalue weighted by atomic mass is 10.3. The second kappa shape index (κ2) is 7.87. The van der Waals surface area contributed by atoms with Crippen molar-refractivity contribution in [3.05, 3.63) is 33.2 Å². The van der Waals surface area contributed by atoms with E-state index in [0.717, 1.165) is 44.1 Å². The van der Waals surface area contributed by atoms with E-state index in [9.17, 15) is 14.9 Å². The molecule has 0 amide bonds. The molecule has 1 aliphatic rings. The second-order valence-electron chi connectivity index (χ2n) is 4.53. The fourth-order valence-corrected chi connectivity index (χ4v) is 2.66. The number of hydrogen-bond donors (Lipinski definition) is 1. The summed E-state index contributed by atoms with van der Waals surface area (Å²) in [6, 6.07) is 3.02. The molecule has 0 bridgehead atoms. The highest BCUT2D eigenvalue weighted by Gasteiger charge is 2.10. The third kappa shape index (κ3) is 5.25. The number of ether oxygens (including phenoxy) is 1. The van der Waals surface area contributed by atoms with Crippen LogP contribution in [-0.2, 0) is 9.53 Å². The van der Waals surface area contributed by atoms with E-state index in [1.165, 1.54) is 18.2 Å². The first-order chi connectivity index (χ1) is 10.1. The Bertz CT molecular complexity index is 523. The molecule has 2 rings (SSSR count). The highest BCUT2D eigenvalue weighted by molar-refractivity contribution is 7.16. The lowest BCUT2D eigenvalue weighted by molar-refractivity contribution is -0.380. The summed E-state index contributed by atoms with van der Waals surface area (Å²) in [5.41, 5.74) is 0. The van der Waals surface area contributed by atoms with Crippen LogP contribution in [0.4, 0.5) is 5.00 Å². The zero-order chi connectivity index (χ0) is 15.1. The summed E-state index contributed by atoms with van der Waals surface area (Å²) < 4.78 is 5.10. The third-order valence-electron chi connectivity index (χ3n) is 3.04. The lowest BCUT2D eigenvalue weighted by Gasteiger charge is -2.26. The Labute approximate surface area is 126 Å². The summed E-state index contributed by atoms with van der Waals surface area (Å²) in [6.45, 7) is 4.94. The molecule has 1 N–H and O–H groups in total. The maximum absolute atomic E-state index is 11.5. The number of nitrogens with zero attached hydrogens (tertiary/aromatic N) is 2. The largest absolute Gasteiger partial charge is 0.461 e. The van der Waals surface area contributed by atoms with Crippen LogP contribution in [0.5, 0.6) is 0 Å². The molecule has 114 valence electrons. The Morgan fingerprint density at radius 1 is 1.48 bits per heavy atom. The molecular weight excluding hydrogens is 294 g/mol. The molecule has 7 nitrogen and oxygen atoms in total. The molecule has 1 aromatic rings. The van der Waals surface area contributed by atoms with Crippen LogP contribution >= 0.6 is 11.3 Å². The molecule has 1 aromatic heterocycles. The minimum absolute atomic E-state index is 0.0572. The second-order valence-corrected chi connectivity index (χ2v) is 5.62. The van der Waals surface area contributed by atoms with Crippen LogP contribution in [0, 0.1) is 10.1 Å². The van der Waals surface area contributed by atoms with Crippen LogP contribution in [0.3, 0.4) is 0 Å². The van der Waals surface area contributed by atoms with E-state index in [2.05, 4.69) is 10.2 Å². The molecule has 0 radical (unpaired) electrons. The van der Waals surface area contributed by atoms with E-state index in [1.807, 2.05) is 0 Å². The standard InChI is InChI=1S/C13H17N3O4S/c17-13(20-10-9-15-7-5-14-6-8-15)4-2-11-1-3-12(21-11)16(18)19/h1-4,14H,5-10H2/b4-2+. The van der Waals surface area contributed by atoms with Crippen molar-refractivity contribution in [2.75, 3.05) is 39.3 Å². The van der Waals surface area contributed by atoms with Crippen LogP contribution in [0.1, 0.15) is 4.88 Å². The Kier molecular flexibility index (Phi) is 5.85. The van der Waals surface area contributed by atoms with E-state index < -0.39 is 10.9 Å². The molecular formula is C13H17N3O4S. The van der Waals surface area contributed by atoms with E-state index in [-0.39, 0.29) is 5.00 Å². The molecule has 0 saturated carbocycles. The molecule has 1 fully saturated rings.